The molecule has 2 saturated heterocycles. The van der Waals surface area contributed by atoms with E-state index in [1.54, 1.807) is 0 Å². The van der Waals surface area contributed by atoms with Crippen LogP contribution in [0.2, 0.25) is 0 Å². The van der Waals surface area contributed by atoms with Crippen molar-refractivity contribution in [3.63, 3.8) is 0 Å². The zero-order valence-electron chi connectivity index (χ0n) is 14.7. The van der Waals surface area contributed by atoms with Gasteiger partial charge in [-0.15, -0.1) is 0 Å². The predicted molar refractivity (Wildman–Crippen MR) is 92.7 cm³/mol. The Bertz CT molecular complexity index is 462. The Kier molecular flexibility index (Phi) is 6.34. The third-order valence-electron chi connectivity index (χ3n) is 5.17. The highest BCUT2D eigenvalue weighted by Gasteiger charge is 2.15. The first-order valence-corrected chi connectivity index (χ1v) is 9.41. The number of piperidine rings is 2. The van der Waals surface area contributed by atoms with Crippen molar-refractivity contribution in [1.29, 1.82) is 0 Å². The van der Waals surface area contributed by atoms with Crippen molar-refractivity contribution in [2.75, 3.05) is 39.3 Å². The van der Waals surface area contributed by atoms with Crippen LogP contribution in [0.15, 0.2) is 6.20 Å². The van der Waals surface area contributed by atoms with Gasteiger partial charge in [0.2, 0.25) is 0 Å². The van der Waals surface area contributed by atoms with Crippen molar-refractivity contribution < 1.29 is 4.74 Å². The molecule has 130 valence electrons. The minimum Gasteiger partial charge on any atom is -0.465 e. The molecular weight excluding hydrogens is 288 g/mol. The molecule has 3 heterocycles. The standard InChI is InChI=1S/C18H32N4O/c1-20-17(16-22-11-6-3-7-12-22)15-19-18(20)23-14-8-13-21-9-4-2-5-10-21/h15H,2-14,16H2,1H3. The Balaban J connectivity index is 1.39. The van der Waals surface area contributed by atoms with E-state index in [1.807, 2.05) is 6.20 Å². The van der Waals surface area contributed by atoms with Crippen molar-refractivity contribution in [2.24, 2.45) is 7.05 Å². The van der Waals surface area contributed by atoms with E-state index in [0.29, 0.717) is 0 Å². The maximum absolute atomic E-state index is 5.90. The Hall–Kier alpha value is -1.07. The molecule has 2 aliphatic heterocycles. The number of aromatic nitrogens is 2. The van der Waals surface area contributed by atoms with E-state index in [0.717, 1.165) is 32.1 Å². The van der Waals surface area contributed by atoms with E-state index >= 15 is 0 Å². The van der Waals surface area contributed by atoms with E-state index in [2.05, 4.69) is 26.4 Å². The summed E-state index contributed by atoms with van der Waals surface area (Å²) in [6.45, 7) is 7.90. The van der Waals surface area contributed by atoms with Gasteiger partial charge in [-0.2, -0.15) is 0 Å². The fraction of sp³-hybridized carbons (Fsp3) is 0.833. The lowest BCUT2D eigenvalue weighted by molar-refractivity contribution is 0.197. The van der Waals surface area contributed by atoms with Crippen LogP contribution in [-0.2, 0) is 13.6 Å². The molecule has 0 aromatic carbocycles. The number of nitrogens with zero attached hydrogens (tertiary/aromatic N) is 4. The van der Waals surface area contributed by atoms with Gasteiger partial charge >= 0.3 is 0 Å². The van der Waals surface area contributed by atoms with Crippen LogP contribution < -0.4 is 4.74 Å². The summed E-state index contributed by atoms with van der Waals surface area (Å²) in [6.07, 6.45) is 11.2. The first-order valence-electron chi connectivity index (χ1n) is 9.41. The van der Waals surface area contributed by atoms with Gasteiger partial charge in [-0.1, -0.05) is 12.8 Å². The van der Waals surface area contributed by atoms with Crippen molar-refractivity contribution in [3.05, 3.63) is 11.9 Å². The van der Waals surface area contributed by atoms with Crippen LogP contribution in [0.4, 0.5) is 0 Å². The van der Waals surface area contributed by atoms with Crippen molar-refractivity contribution in [1.82, 2.24) is 19.4 Å². The van der Waals surface area contributed by atoms with Gasteiger partial charge in [-0.25, -0.2) is 4.98 Å². The molecule has 5 heteroatoms. The molecule has 0 N–H and O–H groups in total. The molecule has 0 bridgehead atoms. The van der Waals surface area contributed by atoms with Crippen molar-refractivity contribution in [2.45, 2.75) is 51.5 Å². The number of imidazole rings is 1. The number of hydrogen-bond acceptors (Lipinski definition) is 4. The summed E-state index contributed by atoms with van der Waals surface area (Å²) >= 11 is 0. The van der Waals surface area contributed by atoms with Crippen LogP contribution in [-0.4, -0.2) is 58.7 Å². The number of rotatable bonds is 7. The Morgan fingerprint density at radius 1 is 0.957 bits per heavy atom. The first-order chi connectivity index (χ1) is 11.3. The summed E-state index contributed by atoms with van der Waals surface area (Å²) in [7, 11) is 2.08. The van der Waals surface area contributed by atoms with E-state index in [-0.39, 0.29) is 0 Å². The Morgan fingerprint density at radius 3 is 2.30 bits per heavy atom. The predicted octanol–water partition coefficient (Wildman–Crippen LogP) is 2.66. The zero-order chi connectivity index (χ0) is 15.9. The fourth-order valence-corrected chi connectivity index (χ4v) is 3.69. The Morgan fingerprint density at radius 2 is 1.61 bits per heavy atom. The van der Waals surface area contributed by atoms with Crippen LogP contribution in [0.5, 0.6) is 6.01 Å². The number of ether oxygens (including phenoxy) is 1. The van der Waals surface area contributed by atoms with Crippen molar-refractivity contribution in [3.8, 4) is 6.01 Å². The number of likely N-dealkylation sites (tertiary alicyclic amines) is 2. The molecule has 1 aromatic rings. The van der Waals surface area contributed by atoms with Crippen molar-refractivity contribution >= 4 is 0 Å². The van der Waals surface area contributed by atoms with Gasteiger partial charge in [0.25, 0.3) is 6.01 Å². The minimum atomic E-state index is 0.768. The second kappa shape index (κ2) is 8.69. The van der Waals surface area contributed by atoms with E-state index in [1.165, 1.54) is 70.4 Å². The average Bonchev–Trinajstić information content (AvgIpc) is 2.94. The van der Waals surface area contributed by atoms with E-state index in [4.69, 9.17) is 4.74 Å². The highest BCUT2D eigenvalue weighted by Crippen LogP contribution is 2.16. The summed E-state index contributed by atoms with van der Waals surface area (Å²) in [5, 5.41) is 0. The first kappa shape index (κ1) is 16.8. The summed E-state index contributed by atoms with van der Waals surface area (Å²) in [6, 6.07) is 0.774. The molecular formula is C18H32N4O. The second-order valence-corrected chi connectivity index (χ2v) is 7.03. The summed E-state index contributed by atoms with van der Waals surface area (Å²) in [5.41, 5.74) is 1.26. The van der Waals surface area contributed by atoms with E-state index in [9.17, 15) is 0 Å². The highest BCUT2D eigenvalue weighted by molar-refractivity contribution is 5.09. The van der Waals surface area contributed by atoms with Crippen LogP contribution >= 0.6 is 0 Å². The third-order valence-corrected chi connectivity index (χ3v) is 5.17. The van der Waals surface area contributed by atoms with Gasteiger partial charge in [0.1, 0.15) is 0 Å². The lowest BCUT2D eigenvalue weighted by atomic mass is 10.1. The zero-order valence-corrected chi connectivity index (χ0v) is 14.7. The second-order valence-electron chi connectivity index (χ2n) is 7.03. The topological polar surface area (TPSA) is 33.5 Å². The molecule has 23 heavy (non-hydrogen) atoms. The van der Waals surface area contributed by atoms with Gasteiger partial charge in [0.15, 0.2) is 0 Å². The van der Waals surface area contributed by atoms with Gasteiger partial charge < -0.3 is 14.2 Å². The fourth-order valence-electron chi connectivity index (χ4n) is 3.69. The molecule has 2 fully saturated rings. The van der Waals surface area contributed by atoms with Crippen LogP contribution in [0.3, 0.4) is 0 Å². The smallest absolute Gasteiger partial charge is 0.296 e. The molecule has 5 nitrogen and oxygen atoms in total. The van der Waals surface area contributed by atoms with E-state index < -0.39 is 0 Å². The molecule has 2 aliphatic rings. The molecule has 0 saturated carbocycles. The van der Waals surface area contributed by atoms with Crippen LogP contribution in [0.25, 0.3) is 0 Å². The molecule has 0 atom stereocenters. The summed E-state index contributed by atoms with van der Waals surface area (Å²) in [5.74, 6) is 0. The normalized spacial score (nSPS) is 20.7. The third kappa shape index (κ3) is 4.95. The van der Waals surface area contributed by atoms with Crippen LogP contribution in [0, 0.1) is 0 Å². The largest absolute Gasteiger partial charge is 0.465 e. The average molecular weight is 320 g/mol. The summed E-state index contributed by atoms with van der Waals surface area (Å²) < 4.78 is 8.02. The lowest BCUT2D eigenvalue weighted by Gasteiger charge is -2.26. The minimum absolute atomic E-state index is 0.768. The molecule has 3 rings (SSSR count). The van der Waals surface area contributed by atoms with Crippen LogP contribution in [0.1, 0.15) is 50.6 Å². The SMILES string of the molecule is Cn1c(CN2CCCCC2)cnc1OCCCN1CCCCC1. The van der Waals surface area contributed by atoms with Gasteiger partial charge in [0.05, 0.1) is 18.5 Å². The highest BCUT2D eigenvalue weighted by atomic mass is 16.5. The van der Waals surface area contributed by atoms with Gasteiger partial charge in [0, 0.05) is 20.1 Å². The molecule has 0 unspecified atom stereocenters. The maximum atomic E-state index is 5.90. The Labute approximate surface area is 140 Å². The van der Waals surface area contributed by atoms with Gasteiger partial charge in [-0.3, -0.25) is 4.90 Å². The molecule has 0 spiro atoms. The maximum Gasteiger partial charge on any atom is 0.296 e. The lowest BCUT2D eigenvalue weighted by Crippen LogP contribution is -2.31. The molecule has 0 radical (unpaired) electrons. The summed E-state index contributed by atoms with van der Waals surface area (Å²) in [4.78, 5) is 9.56. The molecule has 0 amide bonds. The van der Waals surface area contributed by atoms with Gasteiger partial charge in [-0.05, 0) is 58.3 Å². The molecule has 0 aliphatic carbocycles. The molecule has 1 aromatic heterocycles. The number of hydrogen-bond donors (Lipinski definition) is 0. The quantitative estimate of drug-likeness (QED) is 0.723. The monoisotopic (exact) mass is 320 g/mol.